The molecule has 4 heterocycles. The Kier molecular flexibility index (Phi) is 5.13. The van der Waals surface area contributed by atoms with Crippen molar-refractivity contribution >= 4 is 17.8 Å². The number of ether oxygens (including phenoxy) is 1. The number of morpholine rings is 1. The molecule has 34 heavy (non-hydrogen) atoms. The molecule has 0 aliphatic carbocycles. The van der Waals surface area contributed by atoms with Gasteiger partial charge in [0.05, 0.1) is 31.6 Å². The number of hydrogen-bond acceptors (Lipinski definition) is 5. The van der Waals surface area contributed by atoms with Crippen molar-refractivity contribution in [1.82, 2.24) is 19.5 Å². The molecule has 0 unspecified atom stereocenters. The fourth-order valence-corrected chi connectivity index (χ4v) is 4.16. The molecule has 0 N–H and O–H groups in total. The predicted molar refractivity (Wildman–Crippen MR) is 129 cm³/mol. The number of imidazole rings is 1. The van der Waals surface area contributed by atoms with Gasteiger partial charge in [-0.3, -0.25) is 9.79 Å². The Morgan fingerprint density at radius 1 is 0.971 bits per heavy atom. The van der Waals surface area contributed by atoms with E-state index in [1.165, 1.54) is 5.56 Å². The van der Waals surface area contributed by atoms with Gasteiger partial charge in [0.2, 0.25) is 0 Å². The van der Waals surface area contributed by atoms with Crippen molar-refractivity contribution in [2.75, 3.05) is 26.3 Å². The van der Waals surface area contributed by atoms with Gasteiger partial charge in [-0.05, 0) is 53.4 Å². The minimum atomic E-state index is 0.0308. The van der Waals surface area contributed by atoms with Crippen LogP contribution in [0.4, 0.5) is 0 Å². The van der Waals surface area contributed by atoms with Crippen molar-refractivity contribution in [1.29, 1.82) is 0 Å². The molecule has 2 aromatic carbocycles. The molecule has 0 spiro atoms. The average molecular weight is 447 g/mol. The summed E-state index contributed by atoms with van der Waals surface area (Å²) in [5.74, 6) is 6.44. The van der Waals surface area contributed by atoms with E-state index in [-0.39, 0.29) is 5.91 Å². The van der Waals surface area contributed by atoms with Crippen LogP contribution in [0.3, 0.4) is 0 Å². The lowest BCUT2D eigenvalue weighted by molar-refractivity contribution is 0.0303. The average Bonchev–Trinajstić information content (AvgIpc) is 3.54. The lowest BCUT2D eigenvalue weighted by Crippen LogP contribution is -2.40. The number of benzene rings is 2. The lowest BCUT2D eigenvalue weighted by Gasteiger charge is -2.26. The first kappa shape index (κ1) is 20.3. The number of nitrogens with zero attached hydrogens (tertiary/aromatic N) is 5. The molecule has 7 nitrogen and oxygen atoms in total. The van der Waals surface area contributed by atoms with Crippen LogP contribution in [0.2, 0.25) is 0 Å². The monoisotopic (exact) mass is 447 g/mol. The first-order valence-electron chi connectivity index (χ1n) is 11.2. The molecule has 1 amide bonds. The second kappa shape index (κ2) is 8.58. The van der Waals surface area contributed by atoms with E-state index in [9.17, 15) is 4.79 Å². The predicted octanol–water partition coefficient (Wildman–Crippen LogP) is 3.20. The Hall–Kier alpha value is -4.28. The number of aromatic nitrogens is 3. The summed E-state index contributed by atoms with van der Waals surface area (Å²) >= 11 is 0. The van der Waals surface area contributed by atoms with Gasteiger partial charge in [-0.2, -0.15) is 5.10 Å². The first-order chi connectivity index (χ1) is 16.7. The summed E-state index contributed by atoms with van der Waals surface area (Å²) in [7, 11) is 0. The highest BCUT2D eigenvalue weighted by atomic mass is 16.5. The van der Waals surface area contributed by atoms with Gasteiger partial charge in [0.15, 0.2) is 5.65 Å². The number of amides is 1. The number of hydrogen-bond donors (Lipinski definition) is 0. The lowest BCUT2D eigenvalue weighted by atomic mass is 10.1. The van der Waals surface area contributed by atoms with Crippen LogP contribution in [-0.2, 0) is 11.3 Å². The summed E-state index contributed by atoms with van der Waals surface area (Å²) in [5.41, 5.74) is 7.10. The van der Waals surface area contributed by atoms with Gasteiger partial charge in [-0.1, -0.05) is 24.1 Å². The second-order valence-electron chi connectivity index (χ2n) is 8.25. The van der Waals surface area contributed by atoms with E-state index in [1.807, 2.05) is 53.6 Å². The molecular weight excluding hydrogens is 426 g/mol. The third-order valence-corrected chi connectivity index (χ3v) is 6.06. The molecule has 2 aromatic heterocycles. The highest BCUT2D eigenvalue weighted by Gasteiger charge is 2.18. The number of rotatable bonds is 2. The standard InChI is InChI=1S/C27H21N5O2/c33-27(31-11-13-34-14-12-31)21-6-4-20(5-7-21)25-9-10-26-29-18-24(32(26)30-25)8-2-19-1-3-22-16-28-17-23(22)15-19/h1,3-7,9-10,15,17-18H,11-14,16H2. The van der Waals surface area contributed by atoms with Crippen molar-refractivity contribution in [3.63, 3.8) is 0 Å². The second-order valence-corrected chi connectivity index (χ2v) is 8.25. The molecule has 0 atom stereocenters. The first-order valence-corrected chi connectivity index (χ1v) is 11.2. The van der Waals surface area contributed by atoms with Crippen LogP contribution in [0.15, 0.2) is 65.8 Å². The summed E-state index contributed by atoms with van der Waals surface area (Å²) in [5, 5.41) is 4.76. The van der Waals surface area contributed by atoms with Crippen LogP contribution in [0.5, 0.6) is 0 Å². The third-order valence-electron chi connectivity index (χ3n) is 6.06. The van der Waals surface area contributed by atoms with Gasteiger partial charge in [-0.15, -0.1) is 0 Å². The molecule has 7 heteroatoms. The Bertz CT molecular complexity index is 1490. The molecule has 2 aliphatic rings. The Morgan fingerprint density at radius 3 is 2.68 bits per heavy atom. The molecule has 6 rings (SSSR count). The zero-order valence-corrected chi connectivity index (χ0v) is 18.4. The fourth-order valence-electron chi connectivity index (χ4n) is 4.16. The maximum atomic E-state index is 12.7. The quantitative estimate of drug-likeness (QED) is 0.443. The van der Waals surface area contributed by atoms with E-state index < -0.39 is 0 Å². The van der Waals surface area contributed by atoms with E-state index >= 15 is 0 Å². The van der Waals surface area contributed by atoms with Gasteiger partial charge in [0, 0.05) is 36.0 Å². The normalized spacial score (nSPS) is 14.6. The molecule has 0 bridgehead atoms. The molecule has 1 fully saturated rings. The van der Waals surface area contributed by atoms with Crippen LogP contribution in [-0.4, -0.2) is 57.9 Å². The number of carbonyl (C=O) groups is 1. The Balaban J connectivity index is 1.26. The Labute approximate surface area is 196 Å². The molecule has 0 radical (unpaired) electrons. The summed E-state index contributed by atoms with van der Waals surface area (Å²) in [6.07, 6.45) is 3.63. The van der Waals surface area contributed by atoms with E-state index in [0.29, 0.717) is 37.6 Å². The topological polar surface area (TPSA) is 72.1 Å². The minimum absolute atomic E-state index is 0.0308. The molecule has 166 valence electrons. The maximum Gasteiger partial charge on any atom is 0.254 e. The fraction of sp³-hybridized carbons (Fsp3) is 0.185. The number of carbonyl (C=O) groups excluding carboxylic acids is 1. The van der Waals surface area contributed by atoms with Gasteiger partial charge in [0.1, 0.15) is 5.69 Å². The zero-order valence-electron chi connectivity index (χ0n) is 18.4. The summed E-state index contributed by atoms with van der Waals surface area (Å²) < 4.78 is 7.09. The molecular formula is C27H21N5O2. The molecule has 1 saturated heterocycles. The summed E-state index contributed by atoms with van der Waals surface area (Å²) in [6.45, 7) is 3.17. The van der Waals surface area contributed by atoms with Crippen molar-refractivity contribution in [2.24, 2.45) is 4.99 Å². The highest BCUT2D eigenvalue weighted by molar-refractivity contribution is 5.94. The van der Waals surface area contributed by atoms with Gasteiger partial charge < -0.3 is 9.64 Å². The van der Waals surface area contributed by atoms with Gasteiger partial charge in [-0.25, -0.2) is 9.50 Å². The van der Waals surface area contributed by atoms with Crippen molar-refractivity contribution < 1.29 is 9.53 Å². The summed E-state index contributed by atoms with van der Waals surface area (Å²) in [4.78, 5) is 23.3. The minimum Gasteiger partial charge on any atom is -0.378 e. The highest BCUT2D eigenvalue weighted by Crippen LogP contribution is 2.20. The zero-order chi connectivity index (χ0) is 22.9. The van der Waals surface area contributed by atoms with Crippen LogP contribution >= 0.6 is 0 Å². The SMILES string of the molecule is O=C(c1ccc(-c2ccc3ncc(C#Cc4ccc5c(c4)C=NC5)n3n2)cc1)N1CCOCC1. The Morgan fingerprint density at radius 2 is 1.82 bits per heavy atom. The summed E-state index contributed by atoms with van der Waals surface area (Å²) in [6, 6.07) is 17.6. The molecule has 2 aliphatic heterocycles. The van der Waals surface area contributed by atoms with Crippen molar-refractivity contribution in [2.45, 2.75) is 6.54 Å². The largest absolute Gasteiger partial charge is 0.378 e. The smallest absolute Gasteiger partial charge is 0.254 e. The number of aliphatic imine (C=N–C) groups is 1. The van der Waals surface area contributed by atoms with Gasteiger partial charge in [0.25, 0.3) is 5.91 Å². The molecule has 0 saturated carbocycles. The van der Waals surface area contributed by atoms with Crippen LogP contribution in [0, 0.1) is 11.8 Å². The van der Waals surface area contributed by atoms with E-state index in [1.54, 1.807) is 10.7 Å². The van der Waals surface area contributed by atoms with Crippen LogP contribution < -0.4 is 0 Å². The van der Waals surface area contributed by atoms with Crippen LogP contribution in [0.25, 0.3) is 16.9 Å². The van der Waals surface area contributed by atoms with Crippen molar-refractivity contribution in [3.05, 3.63) is 88.7 Å². The van der Waals surface area contributed by atoms with E-state index in [0.717, 1.165) is 34.6 Å². The van der Waals surface area contributed by atoms with E-state index in [2.05, 4.69) is 33.9 Å². The third kappa shape index (κ3) is 3.85. The van der Waals surface area contributed by atoms with Crippen LogP contribution in [0.1, 0.15) is 32.7 Å². The maximum absolute atomic E-state index is 12.7. The van der Waals surface area contributed by atoms with Gasteiger partial charge >= 0.3 is 0 Å². The number of fused-ring (bicyclic) bond motifs is 2. The van der Waals surface area contributed by atoms with Crippen molar-refractivity contribution in [3.8, 4) is 23.1 Å². The van der Waals surface area contributed by atoms with E-state index in [4.69, 9.17) is 9.84 Å². The molecule has 4 aromatic rings.